The third kappa shape index (κ3) is 4.27. The van der Waals surface area contributed by atoms with Crippen molar-refractivity contribution in [3.8, 4) is 0 Å². The Morgan fingerprint density at radius 2 is 1.61 bits per heavy atom. The van der Waals surface area contributed by atoms with E-state index in [0.29, 0.717) is 5.91 Å². The zero-order valence-corrected chi connectivity index (χ0v) is 11.9. The van der Waals surface area contributed by atoms with Crippen molar-refractivity contribution in [2.75, 3.05) is 33.2 Å². The average molecular weight is 252 g/mol. The lowest BCUT2D eigenvalue weighted by atomic mass is 9.92. The predicted octanol–water partition coefficient (Wildman–Crippen LogP) is 2.51. The van der Waals surface area contributed by atoms with Gasteiger partial charge in [-0.25, -0.2) is 0 Å². The zero-order chi connectivity index (χ0) is 12.8. The fourth-order valence-electron chi connectivity index (χ4n) is 3.16. The maximum absolute atomic E-state index is 12.2. The molecule has 104 valence electrons. The van der Waals surface area contributed by atoms with E-state index in [4.69, 9.17) is 0 Å². The van der Waals surface area contributed by atoms with Crippen LogP contribution in [0.25, 0.3) is 0 Å². The summed E-state index contributed by atoms with van der Waals surface area (Å²) in [4.78, 5) is 16.7. The minimum Gasteiger partial charge on any atom is -0.343 e. The fraction of sp³-hybridized carbons (Fsp3) is 0.933. The normalized spacial score (nSPS) is 23.9. The van der Waals surface area contributed by atoms with Gasteiger partial charge >= 0.3 is 0 Å². The van der Waals surface area contributed by atoms with Crippen LogP contribution in [0, 0.1) is 5.92 Å². The lowest BCUT2D eigenvalue weighted by molar-refractivity contribution is -0.131. The number of hydrogen-bond donors (Lipinski definition) is 0. The minimum atomic E-state index is 0.413. The monoisotopic (exact) mass is 252 g/mol. The van der Waals surface area contributed by atoms with Gasteiger partial charge in [-0.05, 0) is 58.2 Å². The molecule has 0 unspecified atom stereocenters. The molecule has 0 aliphatic carbocycles. The molecule has 2 saturated heterocycles. The van der Waals surface area contributed by atoms with E-state index in [0.717, 1.165) is 31.8 Å². The first-order valence-electron chi connectivity index (χ1n) is 7.72. The Balaban J connectivity index is 1.67. The molecular weight excluding hydrogens is 224 g/mol. The van der Waals surface area contributed by atoms with Crippen molar-refractivity contribution in [3.63, 3.8) is 0 Å². The second-order valence-electron chi connectivity index (χ2n) is 6.08. The van der Waals surface area contributed by atoms with Crippen LogP contribution >= 0.6 is 0 Å². The molecular formula is C15H28N2O. The van der Waals surface area contributed by atoms with Gasteiger partial charge in [0.05, 0.1) is 0 Å². The van der Waals surface area contributed by atoms with Gasteiger partial charge in [0.2, 0.25) is 5.91 Å². The Kier molecular flexibility index (Phi) is 5.48. The molecule has 1 amide bonds. The van der Waals surface area contributed by atoms with E-state index in [-0.39, 0.29) is 0 Å². The summed E-state index contributed by atoms with van der Waals surface area (Å²) in [7, 11) is 2.19. The molecule has 2 heterocycles. The summed E-state index contributed by atoms with van der Waals surface area (Å²) in [6, 6.07) is 0. The number of likely N-dealkylation sites (tertiary alicyclic amines) is 2. The largest absolute Gasteiger partial charge is 0.343 e. The third-order valence-corrected chi connectivity index (χ3v) is 4.56. The lowest BCUT2D eigenvalue weighted by Crippen LogP contribution is -2.33. The number of rotatable bonds is 3. The molecule has 0 aromatic heterocycles. The Morgan fingerprint density at radius 1 is 1.00 bits per heavy atom. The summed E-state index contributed by atoms with van der Waals surface area (Å²) in [5.41, 5.74) is 0. The van der Waals surface area contributed by atoms with Crippen LogP contribution < -0.4 is 0 Å². The van der Waals surface area contributed by atoms with E-state index >= 15 is 0 Å². The van der Waals surface area contributed by atoms with Crippen LogP contribution in [0.4, 0.5) is 0 Å². The van der Waals surface area contributed by atoms with Crippen molar-refractivity contribution >= 4 is 5.91 Å². The summed E-state index contributed by atoms with van der Waals surface area (Å²) in [5.74, 6) is 1.20. The maximum Gasteiger partial charge on any atom is 0.222 e. The molecule has 0 N–H and O–H groups in total. The van der Waals surface area contributed by atoms with Crippen molar-refractivity contribution in [2.45, 2.75) is 51.4 Å². The molecule has 18 heavy (non-hydrogen) atoms. The zero-order valence-electron chi connectivity index (χ0n) is 11.9. The standard InChI is InChI=1S/C15H28N2O/c1-16-12-8-14(9-13-16)6-7-15(18)17-10-4-2-3-5-11-17/h14H,2-13H2,1H3. The van der Waals surface area contributed by atoms with Gasteiger partial charge in [0.15, 0.2) is 0 Å². The van der Waals surface area contributed by atoms with Crippen LogP contribution in [-0.2, 0) is 4.79 Å². The SMILES string of the molecule is CN1CCC(CCC(=O)N2CCCCCC2)CC1. The van der Waals surface area contributed by atoms with Gasteiger partial charge in [0.25, 0.3) is 0 Å². The highest BCUT2D eigenvalue weighted by Gasteiger charge is 2.20. The quantitative estimate of drug-likeness (QED) is 0.770. The van der Waals surface area contributed by atoms with Gasteiger partial charge in [-0.2, -0.15) is 0 Å². The topological polar surface area (TPSA) is 23.6 Å². The van der Waals surface area contributed by atoms with E-state index in [9.17, 15) is 4.79 Å². The van der Waals surface area contributed by atoms with Gasteiger partial charge in [0, 0.05) is 19.5 Å². The van der Waals surface area contributed by atoms with Crippen LogP contribution in [0.5, 0.6) is 0 Å². The van der Waals surface area contributed by atoms with Gasteiger partial charge in [-0.15, -0.1) is 0 Å². The molecule has 0 aromatic rings. The predicted molar refractivity (Wildman–Crippen MR) is 74.5 cm³/mol. The molecule has 0 radical (unpaired) electrons. The van der Waals surface area contributed by atoms with Crippen molar-refractivity contribution in [1.82, 2.24) is 9.80 Å². The lowest BCUT2D eigenvalue weighted by Gasteiger charge is -2.29. The molecule has 0 saturated carbocycles. The molecule has 2 aliphatic rings. The van der Waals surface area contributed by atoms with Crippen LogP contribution in [0.2, 0.25) is 0 Å². The summed E-state index contributed by atoms with van der Waals surface area (Å²) in [6.45, 7) is 4.43. The summed E-state index contributed by atoms with van der Waals surface area (Å²) < 4.78 is 0. The molecule has 3 nitrogen and oxygen atoms in total. The molecule has 0 spiro atoms. The number of piperidine rings is 1. The Bertz CT molecular complexity index is 251. The minimum absolute atomic E-state index is 0.413. The van der Waals surface area contributed by atoms with Crippen molar-refractivity contribution in [2.24, 2.45) is 5.92 Å². The van der Waals surface area contributed by atoms with Crippen molar-refractivity contribution in [1.29, 1.82) is 0 Å². The first-order chi connectivity index (χ1) is 8.75. The van der Waals surface area contributed by atoms with Crippen LogP contribution in [0.15, 0.2) is 0 Å². The first-order valence-corrected chi connectivity index (χ1v) is 7.72. The number of amides is 1. The maximum atomic E-state index is 12.2. The highest BCUT2D eigenvalue weighted by atomic mass is 16.2. The second kappa shape index (κ2) is 7.13. The van der Waals surface area contributed by atoms with Crippen LogP contribution in [-0.4, -0.2) is 48.9 Å². The van der Waals surface area contributed by atoms with Gasteiger partial charge in [-0.3, -0.25) is 4.79 Å². The fourth-order valence-corrected chi connectivity index (χ4v) is 3.16. The van der Waals surface area contributed by atoms with E-state index in [1.165, 1.54) is 51.6 Å². The smallest absolute Gasteiger partial charge is 0.222 e. The molecule has 2 fully saturated rings. The molecule has 2 rings (SSSR count). The van der Waals surface area contributed by atoms with Crippen molar-refractivity contribution < 1.29 is 4.79 Å². The van der Waals surface area contributed by atoms with Crippen LogP contribution in [0.3, 0.4) is 0 Å². The van der Waals surface area contributed by atoms with Gasteiger partial charge in [-0.1, -0.05) is 12.8 Å². The average Bonchev–Trinajstić information content (AvgIpc) is 2.66. The molecule has 0 bridgehead atoms. The number of hydrogen-bond acceptors (Lipinski definition) is 2. The van der Waals surface area contributed by atoms with Crippen LogP contribution in [0.1, 0.15) is 51.4 Å². The Hall–Kier alpha value is -0.570. The third-order valence-electron chi connectivity index (χ3n) is 4.56. The summed E-state index contributed by atoms with van der Waals surface area (Å²) in [5, 5.41) is 0. The second-order valence-corrected chi connectivity index (χ2v) is 6.08. The van der Waals surface area contributed by atoms with Gasteiger partial charge < -0.3 is 9.80 Å². The number of nitrogens with zero attached hydrogens (tertiary/aromatic N) is 2. The van der Waals surface area contributed by atoms with E-state index < -0.39 is 0 Å². The summed E-state index contributed by atoms with van der Waals surface area (Å²) in [6.07, 6.45) is 9.49. The number of carbonyl (C=O) groups is 1. The van der Waals surface area contributed by atoms with Gasteiger partial charge in [0.1, 0.15) is 0 Å². The first kappa shape index (κ1) is 13.9. The Morgan fingerprint density at radius 3 is 2.22 bits per heavy atom. The highest BCUT2D eigenvalue weighted by molar-refractivity contribution is 5.76. The molecule has 3 heteroatoms. The Labute approximate surface area is 112 Å². The van der Waals surface area contributed by atoms with E-state index in [1.807, 2.05) is 0 Å². The van der Waals surface area contributed by atoms with E-state index in [2.05, 4.69) is 16.8 Å². The highest BCUT2D eigenvalue weighted by Crippen LogP contribution is 2.22. The number of carbonyl (C=O) groups excluding carboxylic acids is 1. The molecule has 0 aromatic carbocycles. The molecule has 0 atom stereocenters. The van der Waals surface area contributed by atoms with Crippen molar-refractivity contribution in [3.05, 3.63) is 0 Å². The summed E-state index contributed by atoms with van der Waals surface area (Å²) >= 11 is 0. The molecule has 2 aliphatic heterocycles. The van der Waals surface area contributed by atoms with E-state index in [1.54, 1.807) is 0 Å².